The number of anilines is 1. The highest BCUT2D eigenvalue weighted by molar-refractivity contribution is 7.18. The Hall–Kier alpha value is -1.85. The van der Waals surface area contributed by atoms with Crippen LogP contribution in [0.5, 0.6) is 0 Å². The Labute approximate surface area is 172 Å². The lowest BCUT2D eigenvalue weighted by Crippen LogP contribution is -2.42. The molecule has 1 aromatic carbocycles. The van der Waals surface area contributed by atoms with Crippen molar-refractivity contribution in [3.05, 3.63) is 41.3 Å². The quantitative estimate of drug-likeness (QED) is 0.737. The van der Waals surface area contributed by atoms with Crippen molar-refractivity contribution in [2.45, 2.75) is 39.7 Å². The summed E-state index contributed by atoms with van der Waals surface area (Å²) in [5.74, 6) is 0.194. The van der Waals surface area contributed by atoms with Crippen LogP contribution in [0, 0.1) is 5.41 Å². The Balaban J connectivity index is 1.70. The number of rotatable bonds is 3. The second kappa shape index (κ2) is 7.88. The number of likely N-dealkylation sites (tertiary alicyclic amines) is 1. The van der Waals surface area contributed by atoms with E-state index in [-0.39, 0.29) is 11.3 Å². The molecular formula is C23H30N2O2S. The van der Waals surface area contributed by atoms with Gasteiger partial charge in [0.15, 0.2) is 0 Å². The van der Waals surface area contributed by atoms with E-state index in [1.807, 2.05) is 6.07 Å². The molecule has 2 saturated heterocycles. The maximum atomic E-state index is 13.5. The highest BCUT2D eigenvalue weighted by Crippen LogP contribution is 2.41. The molecule has 2 aromatic rings. The fraction of sp³-hybridized carbons (Fsp3) is 0.522. The molecule has 4 nitrogen and oxygen atoms in total. The Morgan fingerprint density at radius 3 is 2.50 bits per heavy atom. The number of amides is 1. The molecule has 0 N–H and O–H groups in total. The van der Waals surface area contributed by atoms with Gasteiger partial charge in [0, 0.05) is 31.2 Å². The molecule has 0 aliphatic carbocycles. The first-order valence-electron chi connectivity index (χ1n) is 10.3. The van der Waals surface area contributed by atoms with Crippen LogP contribution in [0.1, 0.15) is 43.3 Å². The van der Waals surface area contributed by atoms with E-state index in [2.05, 4.69) is 60.9 Å². The fourth-order valence-electron chi connectivity index (χ4n) is 4.36. The van der Waals surface area contributed by atoms with Crippen LogP contribution in [0.15, 0.2) is 36.4 Å². The Bertz CT molecular complexity index is 819. The van der Waals surface area contributed by atoms with Crippen LogP contribution in [0.25, 0.3) is 11.1 Å². The molecule has 0 bridgehead atoms. The van der Waals surface area contributed by atoms with E-state index in [0.717, 1.165) is 50.6 Å². The van der Waals surface area contributed by atoms with Crippen LogP contribution in [0.4, 0.5) is 5.00 Å². The van der Waals surface area contributed by atoms with Gasteiger partial charge in [-0.25, -0.2) is 0 Å². The van der Waals surface area contributed by atoms with Gasteiger partial charge in [-0.05, 0) is 29.9 Å². The van der Waals surface area contributed by atoms with Crippen molar-refractivity contribution >= 4 is 22.2 Å². The van der Waals surface area contributed by atoms with Gasteiger partial charge in [-0.3, -0.25) is 4.79 Å². The summed E-state index contributed by atoms with van der Waals surface area (Å²) < 4.78 is 5.54. The first-order valence-corrected chi connectivity index (χ1v) is 11.1. The average molecular weight is 399 g/mol. The zero-order valence-corrected chi connectivity index (χ0v) is 17.9. The van der Waals surface area contributed by atoms with Crippen molar-refractivity contribution in [2.24, 2.45) is 5.41 Å². The number of benzene rings is 1. The molecule has 1 aromatic heterocycles. The van der Waals surface area contributed by atoms with E-state index >= 15 is 0 Å². The van der Waals surface area contributed by atoms with Crippen molar-refractivity contribution in [3.8, 4) is 11.1 Å². The minimum Gasteiger partial charge on any atom is -0.378 e. The van der Waals surface area contributed by atoms with Crippen molar-refractivity contribution < 1.29 is 9.53 Å². The average Bonchev–Trinajstić information content (AvgIpc) is 3.36. The van der Waals surface area contributed by atoms with Crippen LogP contribution in [0.3, 0.4) is 0 Å². The van der Waals surface area contributed by atoms with E-state index in [1.54, 1.807) is 11.3 Å². The van der Waals surface area contributed by atoms with Crippen molar-refractivity contribution in [2.75, 3.05) is 37.7 Å². The first-order chi connectivity index (χ1) is 13.4. The molecule has 4 rings (SSSR count). The number of thiophene rings is 1. The van der Waals surface area contributed by atoms with Crippen molar-refractivity contribution in [1.29, 1.82) is 0 Å². The number of morpholine rings is 1. The molecular weight excluding hydrogens is 368 g/mol. The number of ether oxygens (including phenoxy) is 1. The maximum Gasteiger partial charge on any atom is 0.264 e. The number of hydrogen-bond acceptors (Lipinski definition) is 4. The SMILES string of the molecule is CC(C)(C)C1CCCN1C(=O)c1cc(-c2ccccc2)c(N2CCOCC2)s1. The highest BCUT2D eigenvalue weighted by atomic mass is 32.1. The summed E-state index contributed by atoms with van der Waals surface area (Å²) >= 11 is 1.65. The summed E-state index contributed by atoms with van der Waals surface area (Å²) in [5, 5.41) is 1.20. The van der Waals surface area contributed by atoms with Gasteiger partial charge in [0.25, 0.3) is 5.91 Å². The van der Waals surface area contributed by atoms with Crippen LogP contribution in [-0.4, -0.2) is 49.7 Å². The monoisotopic (exact) mass is 398 g/mol. The van der Waals surface area contributed by atoms with E-state index < -0.39 is 0 Å². The summed E-state index contributed by atoms with van der Waals surface area (Å²) in [6.45, 7) is 10.8. The van der Waals surface area contributed by atoms with E-state index in [0.29, 0.717) is 6.04 Å². The molecule has 2 aliphatic heterocycles. The minimum absolute atomic E-state index is 0.110. The molecule has 0 spiro atoms. The van der Waals surface area contributed by atoms with Gasteiger partial charge in [0.05, 0.1) is 23.1 Å². The molecule has 2 fully saturated rings. The molecule has 1 amide bonds. The molecule has 1 unspecified atom stereocenters. The second-order valence-corrected chi connectivity index (χ2v) is 9.85. The Morgan fingerprint density at radius 1 is 1.11 bits per heavy atom. The molecule has 150 valence electrons. The molecule has 5 heteroatoms. The van der Waals surface area contributed by atoms with Gasteiger partial charge in [-0.15, -0.1) is 11.3 Å². The van der Waals surface area contributed by atoms with Crippen molar-refractivity contribution in [1.82, 2.24) is 4.90 Å². The summed E-state index contributed by atoms with van der Waals surface area (Å²) in [5.41, 5.74) is 2.45. The lowest BCUT2D eigenvalue weighted by molar-refractivity contribution is 0.0631. The summed E-state index contributed by atoms with van der Waals surface area (Å²) in [6, 6.07) is 12.9. The number of hydrogen-bond donors (Lipinski definition) is 0. The van der Waals surface area contributed by atoms with Crippen LogP contribution >= 0.6 is 11.3 Å². The van der Waals surface area contributed by atoms with E-state index in [4.69, 9.17) is 4.74 Å². The Morgan fingerprint density at radius 2 is 1.82 bits per heavy atom. The predicted molar refractivity (Wildman–Crippen MR) is 116 cm³/mol. The van der Waals surface area contributed by atoms with Gasteiger partial charge in [-0.2, -0.15) is 0 Å². The Kier molecular flexibility index (Phi) is 5.48. The molecule has 3 heterocycles. The third-order valence-electron chi connectivity index (χ3n) is 5.82. The normalized spacial score (nSPS) is 20.6. The standard InChI is InChI=1S/C23H30N2O2S/c1-23(2,3)20-10-7-11-25(20)21(26)19-16-18(17-8-5-4-6-9-17)22(28-19)24-12-14-27-15-13-24/h4-6,8-9,16,20H,7,10-15H2,1-3H3. The highest BCUT2D eigenvalue weighted by Gasteiger charge is 2.38. The van der Waals surface area contributed by atoms with E-state index in [1.165, 1.54) is 16.1 Å². The van der Waals surface area contributed by atoms with Gasteiger partial charge in [0.1, 0.15) is 0 Å². The number of carbonyl (C=O) groups excluding carboxylic acids is 1. The van der Waals surface area contributed by atoms with Crippen LogP contribution in [-0.2, 0) is 4.74 Å². The summed E-state index contributed by atoms with van der Waals surface area (Å²) in [7, 11) is 0. The second-order valence-electron chi connectivity index (χ2n) is 8.82. The number of nitrogens with zero attached hydrogens (tertiary/aromatic N) is 2. The van der Waals surface area contributed by atoms with Crippen LogP contribution in [0.2, 0.25) is 0 Å². The van der Waals surface area contributed by atoms with Gasteiger partial charge in [-0.1, -0.05) is 51.1 Å². The lowest BCUT2D eigenvalue weighted by Gasteiger charge is -2.34. The molecule has 28 heavy (non-hydrogen) atoms. The summed E-state index contributed by atoms with van der Waals surface area (Å²) in [4.78, 5) is 18.8. The smallest absolute Gasteiger partial charge is 0.264 e. The van der Waals surface area contributed by atoms with Gasteiger partial charge in [0.2, 0.25) is 0 Å². The van der Waals surface area contributed by atoms with Gasteiger partial charge < -0.3 is 14.5 Å². The molecule has 0 saturated carbocycles. The zero-order chi connectivity index (χ0) is 19.7. The molecule has 1 atom stereocenters. The zero-order valence-electron chi connectivity index (χ0n) is 17.1. The first kappa shape index (κ1) is 19.5. The lowest BCUT2D eigenvalue weighted by atomic mass is 9.85. The largest absolute Gasteiger partial charge is 0.378 e. The molecule has 2 aliphatic rings. The number of carbonyl (C=O) groups is 1. The van der Waals surface area contributed by atoms with E-state index in [9.17, 15) is 4.79 Å². The fourth-order valence-corrected chi connectivity index (χ4v) is 5.55. The minimum atomic E-state index is 0.110. The predicted octanol–water partition coefficient (Wildman–Crippen LogP) is 4.90. The van der Waals surface area contributed by atoms with Gasteiger partial charge >= 0.3 is 0 Å². The maximum absolute atomic E-state index is 13.5. The third-order valence-corrected chi connectivity index (χ3v) is 7.00. The van der Waals surface area contributed by atoms with Crippen LogP contribution < -0.4 is 4.90 Å². The van der Waals surface area contributed by atoms with Crippen molar-refractivity contribution in [3.63, 3.8) is 0 Å². The topological polar surface area (TPSA) is 32.8 Å². The summed E-state index contributed by atoms with van der Waals surface area (Å²) in [6.07, 6.45) is 2.20. The molecule has 0 radical (unpaired) electrons. The third kappa shape index (κ3) is 3.83.